The quantitative estimate of drug-likeness (QED) is 0.744. The molecular weight excluding hydrogens is 335 g/mol. The van der Waals surface area contributed by atoms with Crippen molar-refractivity contribution in [1.82, 2.24) is 4.98 Å². The Labute approximate surface area is 153 Å². The summed E-state index contributed by atoms with van der Waals surface area (Å²) >= 11 is 0. The molecule has 2 aromatic rings. The number of halogens is 1. The van der Waals surface area contributed by atoms with E-state index in [4.69, 9.17) is 4.74 Å². The number of aromatic amines is 1. The Bertz CT molecular complexity index is 842. The molecule has 2 atom stereocenters. The predicted molar refractivity (Wildman–Crippen MR) is 97.6 cm³/mol. The summed E-state index contributed by atoms with van der Waals surface area (Å²) < 4.78 is 18.8. The highest BCUT2D eigenvalue weighted by Crippen LogP contribution is 2.20. The van der Waals surface area contributed by atoms with E-state index in [1.807, 2.05) is 14.0 Å². The lowest BCUT2D eigenvalue weighted by Crippen LogP contribution is -3.12. The highest BCUT2D eigenvalue weighted by molar-refractivity contribution is 6.04. The van der Waals surface area contributed by atoms with E-state index in [-0.39, 0.29) is 23.4 Å². The Morgan fingerprint density at radius 1 is 1.31 bits per heavy atom. The summed E-state index contributed by atoms with van der Waals surface area (Å²) in [4.78, 5) is 28.6. The number of methoxy groups -OCH3 is 1. The van der Waals surface area contributed by atoms with Crippen LogP contribution in [0.5, 0.6) is 5.75 Å². The third-order valence-electron chi connectivity index (χ3n) is 4.87. The van der Waals surface area contributed by atoms with Crippen LogP contribution in [-0.2, 0) is 6.54 Å². The Morgan fingerprint density at radius 3 is 2.46 bits per heavy atom. The smallest absolute Gasteiger partial charge is 0.235 e. The van der Waals surface area contributed by atoms with Crippen molar-refractivity contribution in [3.05, 3.63) is 52.1 Å². The Kier molecular flexibility index (Phi) is 5.97. The fourth-order valence-corrected chi connectivity index (χ4v) is 3.26. The van der Waals surface area contributed by atoms with Crippen LogP contribution < -0.4 is 9.64 Å². The second-order valence-electron chi connectivity index (χ2n) is 6.76. The van der Waals surface area contributed by atoms with Crippen molar-refractivity contribution in [3.63, 3.8) is 0 Å². The van der Waals surface area contributed by atoms with Gasteiger partial charge in [-0.25, -0.2) is 4.39 Å². The zero-order valence-electron chi connectivity index (χ0n) is 16.1. The molecule has 0 aliphatic rings. The number of carbonyl (C=O) groups is 2. The van der Waals surface area contributed by atoms with Gasteiger partial charge in [0.15, 0.2) is 23.4 Å². The molecule has 0 spiro atoms. The van der Waals surface area contributed by atoms with E-state index in [9.17, 15) is 14.0 Å². The minimum Gasteiger partial charge on any atom is -0.494 e. The van der Waals surface area contributed by atoms with E-state index in [0.717, 1.165) is 10.5 Å². The second-order valence-corrected chi connectivity index (χ2v) is 6.76. The molecule has 0 aliphatic heterocycles. The molecule has 0 bridgehead atoms. The van der Waals surface area contributed by atoms with Gasteiger partial charge in [-0.05, 0) is 51.5 Å². The van der Waals surface area contributed by atoms with Crippen LogP contribution >= 0.6 is 0 Å². The third-order valence-corrected chi connectivity index (χ3v) is 4.87. The number of benzene rings is 1. The second kappa shape index (κ2) is 7.83. The molecule has 26 heavy (non-hydrogen) atoms. The average molecular weight is 361 g/mol. The van der Waals surface area contributed by atoms with Gasteiger partial charge < -0.3 is 14.6 Å². The van der Waals surface area contributed by atoms with Gasteiger partial charge in [0.2, 0.25) is 5.78 Å². The number of carbonyl (C=O) groups excluding carboxylic acids is 2. The lowest BCUT2D eigenvalue weighted by Gasteiger charge is -2.21. The number of quaternary nitrogens is 1. The number of nitrogens with one attached hydrogen (secondary N) is 2. The molecule has 140 valence electrons. The standard InChI is InChI=1S/C20H25FN2O3/c1-11-18(14(4)24)12(2)22-19(11)20(25)13(3)23(5)10-15-7-8-17(26-6)16(21)9-15/h7-9,13,22H,10H2,1-6H3/p+1/t13-/m0/s1. The first-order valence-corrected chi connectivity index (χ1v) is 8.56. The maximum atomic E-state index is 13.9. The van der Waals surface area contributed by atoms with Crippen LogP contribution in [0.25, 0.3) is 0 Å². The highest BCUT2D eigenvalue weighted by atomic mass is 19.1. The number of Topliss-reactive ketones (excluding diaryl/α,β-unsaturated/α-hetero) is 2. The Hall–Kier alpha value is -2.47. The topological polar surface area (TPSA) is 63.6 Å². The van der Waals surface area contributed by atoms with Crippen LogP contribution in [0.15, 0.2) is 18.2 Å². The van der Waals surface area contributed by atoms with Crippen LogP contribution in [0.2, 0.25) is 0 Å². The zero-order chi connectivity index (χ0) is 19.6. The van der Waals surface area contributed by atoms with Crippen LogP contribution in [0.3, 0.4) is 0 Å². The first-order chi connectivity index (χ1) is 12.2. The average Bonchev–Trinajstić information content (AvgIpc) is 2.88. The van der Waals surface area contributed by atoms with Crippen LogP contribution in [0.4, 0.5) is 4.39 Å². The van der Waals surface area contributed by atoms with Gasteiger partial charge in [0.25, 0.3) is 0 Å². The van der Waals surface area contributed by atoms with Gasteiger partial charge in [-0.15, -0.1) is 0 Å². The SMILES string of the molecule is COc1ccc(C[NH+](C)[C@@H](C)C(=O)c2[nH]c(C)c(C(C)=O)c2C)cc1F. The normalized spacial score (nSPS) is 13.3. The zero-order valence-corrected chi connectivity index (χ0v) is 16.1. The molecule has 0 fully saturated rings. The summed E-state index contributed by atoms with van der Waals surface area (Å²) in [7, 11) is 3.31. The molecular formula is C20H26FN2O3+. The van der Waals surface area contributed by atoms with E-state index in [1.54, 1.807) is 26.0 Å². The molecule has 0 radical (unpaired) electrons. The van der Waals surface area contributed by atoms with Crippen LogP contribution in [0, 0.1) is 19.7 Å². The van der Waals surface area contributed by atoms with Gasteiger partial charge >= 0.3 is 0 Å². The number of ether oxygens (including phenoxy) is 1. The summed E-state index contributed by atoms with van der Waals surface area (Å²) in [5.74, 6) is -0.342. The molecule has 5 nitrogen and oxygen atoms in total. The summed E-state index contributed by atoms with van der Waals surface area (Å²) in [5.41, 5.74) is 3.23. The number of hydrogen-bond donors (Lipinski definition) is 2. The number of aryl methyl sites for hydroxylation is 1. The van der Waals surface area contributed by atoms with Crippen molar-refractivity contribution in [2.24, 2.45) is 0 Å². The number of hydrogen-bond acceptors (Lipinski definition) is 3. The number of likely N-dealkylation sites (N-methyl/N-ethyl adjacent to an activating group) is 1. The Morgan fingerprint density at radius 2 is 1.96 bits per heavy atom. The van der Waals surface area contributed by atoms with Crippen LogP contribution in [-0.4, -0.2) is 36.7 Å². The molecule has 1 unspecified atom stereocenters. The van der Waals surface area contributed by atoms with Crippen molar-refractivity contribution in [1.29, 1.82) is 0 Å². The van der Waals surface area contributed by atoms with E-state index >= 15 is 0 Å². The fourth-order valence-electron chi connectivity index (χ4n) is 3.26. The van der Waals surface area contributed by atoms with E-state index in [1.165, 1.54) is 20.1 Å². The maximum Gasteiger partial charge on any atom is 0.235 e. The van der Waals surface area contributed by atoms with E-state index < -0.39 is 5.82 Å². The number of H-pyrrole nitrogens is 1. The molecule has 1 heterocycles. The molecule has 2 rings (SSSR count). The Balaban J connectivity index is 2.19. The largest absolute Gasteiger partial charge is 0.494 e. The van der Waals surface area contributed by atoms with Crippen molar-refractivity contribution >= 4 is 11.6 Å². The lowest BCUT2D eigenvalue weighted by atomic mass is 10.0. The van der Waals surface area contributed by atoms with Crippen LogP contribution in [0.1, 0.15) is 51.5 Å². The van der Waals surface area contributed by atoms with Gasteiger partial charge in [0.05, 0.1) is 19.9 Å². The monoisotopic (exact) mass is 361 g/mol. The minimum atomic E-state index is -0.418. The highest BCUT2D eigenvalue weighted by Gasteiger charge is 2.28. The molecule has 1 aromatic heterocycles. The molecule has 6 heteroatoms. The summed E-state index contributed by atoms with van der Waals surface area (Å²) in [6.45, 7) is 7.40. The summed E-state index contributed by atoms with van der Waals surface area (Å²) in [6, 6.07) is 4.46. The van der Waals surface area contributed by atoms with E-state index in [0.29, 0.717) is 29.1 Å². The van der Waals surface area contributed by atoms with Crippen molar-refractivity contribution in [3.8, 4) is 5.75 Å². The predicted octanol–water partition coefficient (Wildman–Crippen LogP) is 2.27. The summed E-state index contributed by atoms with van der Waals surface area (Å²) in [6.07, 6.45) is 0. The van der Waals surface area contributed by atoms with Crippen molar-refractivity contribution in [2.75, 3.05) is 14.2 Å². The minimum absolute atomic E-state index is 0.0580. The lowest BCUT2D eigenvalue weighted by molar-refractivity contribution is -0.907. The fraction of sp³-hybridized carbons (Fsp3) is 0.400. The third kappa shape index (κ3) is 3.85. The summed E-state index contributed by atoms with van der Waals surface area (Å²) in [5, 5.41) is 0. The molecule has 1 aromatic carbocycles. The number of aromatic nitrogens is 1. The first kappa shape index (κ1) is 19.8. The first-order valence-electron chi connectivity index (χ1n) is 8.56. The molecule has 0 saturated carbocycles. The van der Waals surface area contributed by atoms with Gasteiger partial charge in [-0.1, -0.05) is 0 Å². The number of ketones is 2. The van der Waals surface area contributed by atoms with Crippen molar-refractivity contribution in [2.45, 2.75) is 40.3 Å². The van der Waals surface area contributed by atoms with Gasteiger partial charge in [0, 0.05) is 16.8 Å². The maximum absolute atomic E-state index is 13.9. The molecule has 0 amide bonds. The molecule has 0 aliphatic carbocycles. The van der Waals surface area contributed by atoms with E-state index in [2.05, 4.69) is 4.98 Å². The van der Waals surface area contributed by atoms with Gasteiger partial charge in [-0.2, -0.15) is 0 Å². The van der Waals surface area contributed by atoms with Gasteiger partial charge in [-0.3, -0.25) is 9.59 Å². The number of rotatable bonds is 7. The van der Waals surface area contributed by atoms with Crippen molar-refractivity contribution < 1.29 is 23.6 Å². The molecule has 2 N–H and O–H groups in total. The van der Waals surface area contributed by atoms with Gasteiger partial charge in [0.1, 0.15) is 6.54 Å². The molecule has 0 saturated heterocycles.